The fourth-order valence-electron chi connectivity index (χ4n) is 2.15. The molecule has 0 aliphatic heterocycles. The van der Waals surface area contributed by atoms with Crippen LogP contribution in [-0.4, -0.2) is 31.2 Å². The first-order chi connectivity index (χ1) is 10.8. The lowest BCUT2D eigenvalue weighted by Crippen LogP contribution is -2.24. The molecule has 2 aromatic heterocycles. The normalized spacial score (nSPS) is 11.7. The van der Waals surface area contributed by atoms with Gasteiger partial charge in [-0.25, -0.2) is 13.1 Å². The largest absolute Gasteiger partial charge is 0.481 e. The van der Waals surface area contributed by atoms with Crippen LogP contribution in [0.5, 0.6) is 0 Å². The second-order valence-corrected chi connectivity index (χ2v) is 8.26. The van der Waals surface area contributed by atoms with Crippen LogP contribution in [0.4, 0.5) is 0 Å². The Morgan fingerprint density at radius 1 is 1.39 bits per heavy atom. The van der Waals surface area contributed by atoms with Gasteiger partial charge in [-0.2, -0.15) is 0 Å². The number of aromatic nitrogens is 1. The van der Waals surface area contributed by atoms with E-state index in [1.807, 2.05) is 13.8 Å². The lowest BCUT2D eigenvalue weighted by atomic mass is 10.1. The number of nitrogens with zero attached hydrogens (tertiary/aromatic N) is 1. The van der Waals surface area contributed by atoms with Gasteiger partial charge in [-0.05, 0) is 38.8 Å². The second kappa shape index (κ2) is 7.24. The van der Waals surface area contributed by atoms with Crippen molar-refractivity contribution in [2.45, 2.75) is 37.3 Å². The maximum Gasteiger partial charge on any atom is 0.308 e. The van der Waals surface area contributed by atoms with Crippen LogP contribution in [0.3, 0.4) is 0 Å². The SMILES string of the molecule is Cc1noc(C)c1CCCNS(=O)(=O)c1ccc(CC(=O)O)s1. The molecule has 2 aromatic rings. The van der Waals surface area contributed by atoms with Gasteiger partial charge in [-0.3, -0.25) is 4.79 Å². The maximum atomic E-state index is 12.1. The summed E-state index contributed by atoms with van der Waals surface area (Å²) >= 11 is 0.973. The van der Waals surface area contributed by atoms with E-state index in [1.165, 1.54) is 12.1 Å². The number of carboxylic acids is 1. The number of aryl methyl sites for hydroxylation is 2. The van der Waals surface area contributed by atoms with Gasteiger partial charge in [0.15, 0.2) is 0 Å². The Morgan fingerprint density at radius 3 is 2.74 bits per heavy atom. The molecule has 0 spiro atoms. The van der Waals surface area contributed by atoms with Gasteiger partial charge in [-0.1, -0.05) is 5.16 Å². The number of aliphatic carboxylic acids is 1. The molecule has 23 heavy (non-hydrogen) atoms. The average Bonchev–Trinajstić information content (AvgIpc) is 3.04. The molecular weight excluding hydrogens is 340 g/mol. The molecule has 0 aliphatic rings. The van der Waals surface area contributed by atoms with E-state index in [0.717, 1.165) is 28.4 Å². The number of carbonyl (C=O) groups is 1. The Morgan fingerprint density at radius 2 is 2.13 bits per heavy atom. The number of thiophene rings is 1. The quantitative estimate of drug-likeness (QED) is 0.698. The third kappa shape index (κ3) is 4.63. The van der Waals surface area contributed by atoms with E-state index < -0.39 is 16.0 Å². The fraction of sp³-hybridized carbons (Fsp3) is 0.429. The van der Waals surface area contributed by atoms with Crippen molar-refractivity contribution < 1.29 is 22.8 Å². The smallest absolute Gasteiger partial charge is 0.308 e. The Bertz CT molecular complexity index is 772. The van der Waals surface area contributed by atoms with E-state index in [2.05, 4.69) is 9.88 Å². The molecule has 0 fully saturated rings. The Balaban J connectivity index is 1.89. The van der Waals surface area contributed by atoms with Crippen molar-refractivity contribution in [1.29, 1.82) is 0 Å². The highest BCUT2D eigenvalue weighted by atomic mass is 32.2. The highest BCUT2D eigenvalue weighted by Gasteiger charge is 2.17. The number of sulfonamides is 1. The molecule has 0 saturated heterocycles. The van der Waals surface area contributed by atoms with Crippen LogP contribution in [0.1, 0.15) is 28.3 Å². The summed E-state index contributed by atoms with van der Waals surface area (Å²) in [6, 6.07) is 2.96. The van der Waals surface area contributed by atoms with Gasteiger partial charge < -0.3 is 9.63 Å². The Hall–Kier alpha value is -1.71. The molecule has 126 valence electrons. The van der Waals surface area contributed by atoms with Gasteiger partial charge in [0.1, 0.15) is 9.97 Å². The zero-order valence-electron chi connectivity index (χ0n) is 12.8. The summed E-state index contributed by atoms with van der Waals surface area (Å²) in [5, 5.41) is 12.6. The third-order valence-corrected chi connectivity index (χ3v) is 6.34. The maximum absolute atomic E-state index is 12.1. The molecule has 2 heterocycles. The third-order valence-electron chi connectivity index (χ3n) is 3.30. The minimum Gasteiger partial charge on any atom is -0.481 e. The molecule has 0 aromatic carbocycles. The molecule has 2 rings (SSSR count). The molecule has 0 saturated carbocycles. The molecule has 0 atom stereocenters. The van der Waals surface area contributed by atoms with Crippen molar-refractivity contribution in [3.8, 4) is 0 Å². The van der Waals surface area contributed by atoms with Crippen LogP contribution in [-0.2, 0) is 27.7 Å². The monoisotopic (exact) mass is 358 g/mol. The van der Waals surface area contributed by atoms with Crippen LogP contribution in [0.25, 0.3) is 0 Å². The Labute approximate surface area is 138 Å². The van der Waals surface area contributed by atoms with Gasteiger partial charge in [-0.15, -0.1) is 11.3 Å². The van der Waals surface area contributed by atoms with E-state index in [0.29, 0.717) is 24.3 Å². The zero-order valence-corrected chi connectivity index (χ0v) is 14.5. The van der Waals surface area contributed by atoms with Crippen molar-refractivity contribution in [3.63, 3.8) is 0 Å². The summed E-state index contributed by atoms with van der Waals surface area (Å²) in [5.41, 5.74) is 1.82. The van der Waals surface area contributed by atoms with Crippen LogP contribution in [0.2, 0.25) is 0 Å². The number of rotatable bonds is 8. The molecule has 7 nitrogen and oxygen atoms in total. The minimum atomic E-state index is -3.60. The highest BCUT2D eigenvalue weighted by molar-refractivity contribution is 7.91. The highest BCUT2D eigenvalue weighted by Crippen LogP contribution is 2.22. The lowest BCUT2D eigenvalue weighted by molar-refractivity contribution is -0.136. The summed E-state index contributed by atoms with van der Waals surface area (Å²) in [6.45, 7) is 3.97. The summed E-state index contributed by atoms with van der Waals surface area (Å²) < 4.78 is 32.0. The van der Waals surface area contributed by atoms with Crippen molar-refractivity contribution >= 4 is 27.3 Å². The summed E-state index contributed by atoms with van der Waals surface area (Å²) in [4.78, 5) is 11.1. The number of carboxylic acid groups (broad SMARTS) is 1. The van der Waals surface area contributed by atoms with E-state index >= 15 is 0 Å². The van der Waals surface area contributed by atoms with Crippen molar-refractivity contribution in [3.05, 3.63) is 34.0 Å². The van der Waals surface area contributed by atoms with Crippen LogP contribution < -0.4 is 4.72 Å². The number of hydrogen-bond donors (Lipinski definition) is 2. The summed E-state index contributed by atoms with van der Waals surface area (Å²) in [5.74, 6) is -0.231. The molecule has 0 radical (unpaired) electrons. The average molecular weight is 358 g/mol. The first-order valence-electron chi connectivity index (χ1n) is 7.01. The van der Waals surface area contributed by atoms with Gasteiger partial charge >= 0.3 is 5.97 Å². The molecule has 9 heteroatoms. The molecule has 0 bridgehead atoms. The number of hydrogen-bond acceptors (Lipinski definition) is 6. The molecule has 0 amide bonds. The second-order valence-electron chi connectivity index (χ2n) is 5.10. The standard InChI is InChI=1S/C14H18N2O5S2/c1-9-12(10(2)21-16-9)4-3-7-15-23(19,20)14-6-5-11(22-14)8-13(17)18/h5-6,15H,3-4,7-8H2,1-2H3,(H,17,18). The van der Waals surface area contributed by atoms with Crippen LogP contribution >= 0.6 is 11.3 Å². The first-order valence-corrected chi connectivity index (χ1v) is 9.31. The van der Waals surface area contributed by atoms with Crippen molar-refractivity contribution in [1.82, 2.24) is 9.88 Å². The lowest BCUT2D eigenvalue weighted by Gasteiger charge is -2.04. The van der Waals surface area contributed by atoms with Crippen LogP contribution in [0, 0.1) is 13.8 Å². The van der Waals surface area contributed by atoms with Gasteiger partial charge in [0.25, 0.3) is 0 Å². The fourth-order valence-corrected chi connectivity index (χ4v) is 4.61. The van der Waals surface area contributed by atoms with Gasteiger partial charge in [0, 0.05) is 17.0 Å². The minimum absolute atomic E-state index is 0.131. The van der Waals surface area contributed by atoms with Crippen molar-refractivity contribution in [2.75, 3.05) is 6.54 Å². The van der Waals surface area contributed by atoms with E-state index in [9.17, 15) is 13.2 Å². The zero-order chi connectivity index (χ0) is 17.0. The van der Waals surface area contributed by atoms with Gasteiger partial charge in [0.2, 0.25) is 10.0 Å². The van der Waals surface area contributed by atoms with E-state index in [1.54, 1.807) is 0 Å². The Kier molecular flexibility index (Phi) is 5.55. The number of nitrogens with one attached hydrogen (secondary N) is 1. The molecule has 2 N–H and O–H groups in total. The summed E-state index contributed by atoms with van der Waals surface area (Å²) in [6.07, 6.45) is 1.13. The van der Waals surface area contributed by atoms with Crippen molar-refractivity contribution in [2.24, 2.45) is 0 Å². The topological polar surface area (TPSA) is 110 Å². The predicted molar refractivity (Wildman–Crippen MR) is 85.1 cm³/mol. The van der Waals surface area contributed by atoms with E-state index in [4.69, 9.17) is 9.63 Å². The first kappa shape index (κ1) is 17.6. The molecule has 0 unspecified atom stereocenters. The summed E-state index contributed by atoms with van der Waals surface area (Å²) in [7, 11) is -3.60. The predicted octanol–water partition coefficient (Wildman–Crippen LogP) is 1.89. The van der Waals surface area contributed by atoms with Gasteiger partial charge in [0.05, 0.1) is 12.1 Å². The molecular formula is C14H18N2O5S2. The van der Waals surface area contributed by atoms with Crippen LogP contribution in [0.15, 0.2) is 20.9 Å². The van der Waals surface area contributed by atoms with E-state index in [-0.39, 0.29) is 10.6 Å². The molecule has 0 aliphatic carbocycles.